The zero-order valence-corrected chi connectivity index (χ0v) is 17.7. The highest BCUT2D eigenvalue weighted by atomic mass is 127. The standard InChI is InChI=1S/C16H26ClN5O.HI/c1-18-16(19-10-15(23)22-7-5-4-6-8-22)21(3)12-14-9-13(17)11-20(14)2;/h9,11H,4-8,10,12H2,1-3H3,(H,18,19);1H. The number of halogens is 2. The minimum atomic E-state index is 0. The number of guanidine groups is 1. The summed E-state index contributed by atoms with van der Waals surface area (Å²) in [6.45, 7) is 2.69. The Morgan fingerprint density at radius 3 is 2.58 bits per heavy atom. The van der Waals surface area contributed by atoms with Crippen LogP contribution in [0.25, 0.3) is 0 Å². The predicted octanol–water partition coefficient (Wildman–Crippen LogP) is 2.32. The van der Waals surface area contributed by atoms with Gasteiger partial charge in [-0.25, -0.2) is 0 Å². The Bertz CT molecular complexity index is 569. The minimum Gasteiger partial charge on any atom is -0.351 e. The maximum Gasteiger partial charge on any atom is 0.241 e. The molecule has 0 saturated carbocycles. The maximum absolute atomic E-state index is 12.2. The molecule has 0 bridgehead atoms. The van der Waals surface area contributed by atoms with E-state index < -0.39 is 0 Å². The number of nitrogens with one attached hydrogen (secondary N) is 1. The first-order valence-electron chi connectivity index (χ1n) is 8.01. The number of likely N-dealkylation sites (tertiary alicyclic amines) is 1. The summed E-state index contributed by atoms with van der Waals surface area (Å²) in [4.78, 5) is 20.4. The third-order valence-corrected chi connectivity index (χ3v) is 4.36. The van der Waals surface area contributed by atoms with E-state index in [9.17, 15) is 4.79 Å². The Balaban J connectivity index is 0.00000288. The fourth-order valence-electron chi connectivity index (χ4n) is 2.84. The molecule has 1 amide bonds. The number of piperidine rings is 1. The monoisotopic (exact) mass is 467 g/mol. The van der Waals surface area contributed by atoms with Crippen molar-refractivity contribution in [2.45, 2.75) is 25.8 Å². The molecule has 1 aliphatic rings. The Morgan fingerprint density at radius 2 is 2.04 bits per heavy atom. The van der Waals surface area contributed by atoms with E-state index in [-0.39, 0.29) is 36.4 Å². The fraction of sp³-hybridized carbons (Fsp3) is 0.625. The summed E-state index contributed by atoms with van der Waals surface area (Å²) in [5, 5.41) is 3.88. The van der Waals surface area contributed by atoms with Crippen LogP contribution in [0.2, 0.25) is 5.02 Å². The van der Waals surface area contributed by atoms with Crippen LogP contribution >= 0.6 is 35.6 Å². The quantitative estimate of drug-likeness (QED) is 0.420. The number of hydrogen-bond donors (Lipinski definition) is 1. The van der Waals surface area contributed by atoms with Crippen molar-refractivity contribution in [2.75, 3.05) is 33.7 Å². The van der Waals surface area contributed by atoms with Crippen molar-refractivity contribution in [2.24, 2.45) is 12.0 Å². The molecule has 1 fully saturated rings. The summed E-state index contributed by atoms with van der Waals surface area (Å²) in [6.07, 6.45) is 5.31. The summed E-state index contributed by atoms with van der Waals surface area (Å²) in [5.41, 5.74) is 1.09. The molecule has 1 aromatic heterocycles. The van der Waals surface area contributed by atoms with Crippen molar-refractivity contribution in [1.82, 2.24) is 19.7 Å². The van der Waals surface area contributed by atoms with E-state index in [0.29, 0.717) is 12.5 Å². The zero-order valence-electron chi connectivity index (χ0n) is 14.6. The lowest BCUT2D eigenvalue weighted by molar-refractivity contribution is -0.130. The first-order valence-corrected chi connectivity index (χ1v) is 8.39. The van der Waals surface area contributed by atoms with Gasteiger partial charge in [-0.05, 0) is 25.3 Å². The normalized spacial score (nSPS) is 15.0. The number of aryl methyl sites for hydroxylation is 1. The Morgan fingerprint density at radius 1 is 1.38 bits per heavy atom. The lowest BCUT2D eigenvalue weighted by Gasteiger charge is -2.28. The van der Waals surface area contributed by atoms with Crippen LogP contribution < -0.4 is 5.32 Å². The maximum atomic E-state index is 12.2. The molecule has 1 saturated heterocycles. The fourth-order valence-corrected chi connectivity index (χ4v) is 3.11. The summed E-state index contributed by atoms with van der Waals surface area (Å²) in [6, 6.07) is 1.93. The van der Waals surface area contributed by atoms with Crippen molar-refractivity contribution in [1.29, 1.82) is 0 Å². The van der Waals surface area contributed by atoms with Crippen molar-refractivity contribution < 1.29 is 4.79 Å². The van der Waals surface area contributed by atoms with Gasteiger partial charge in [0.2, 0.25) is 5.91 Å². The molecule has 0 aliphatic carbocycles. The van der Waals surface area contributed by atoms with Gasteiger partial charge in [0.15, 0.2) is 5.96 Å². The second-order valence-corrected chi connectivity index (χ2v) is 6.40. The Kier molecular flexibility index (Phi) is 8.90. The van der Waals surface area contributed by atoms with Gasteiger partial charge in [-0.2, -0.15) is 0 Å². The summed E-state index contributed by atoms with van der Waals surface area (Å²) < 4.78 is 1.99. The van der Waals surface area contributed by atoms with Gasteiger partial charge >= 0.3 is 0 Å². The SMILES string of the molecule is CN=C(NCC(=O)N1CCCCC1)N(C)Cc1cc(Cl)cn1C.I. The summed E-state index contributed by atoms with van der Waals surface area (Å²) in [5.74, 6) is 0.842. The zero-order chi connectivity index (χ0) is 16.8. The van der Waals surface area contributed by atoms with E-state index >= 15 is 0 Å². The van der Waals surface area contributed by atoms with Crippen LogP contribution in [0.15, 0.2) is 17.3 Å². The molecule has 0 atom stereocenters. The van der Waals surface area contributed by atoms with Crippen molar-refractivity contribution in [3.63, 3.8) is 0 Å². The average Bonchev–Trinajstić information content (AvgIpc) is 2.86. The van der Waals surface area contributed by atoms with Gasteiger partial charge in [-0.3, -0.25) is 9.79 Å². The van der Waals surface area contributed by atoms with Gasteiger partial charge in [0, 0.05) is 46.1 Å². The third kappa shape index (κ3) is 5.84. The van der Waals surface area contributed by atoms with Gasteiger partial charge in [0.25, 0.3) is 0 Å². The molecule has 0 radical (unpaired) electrons. The molecule has 1 N–H and O–H groups in total. The molecule has 1 aromatic rings. The lowest BCUT2D eigenvalue weighted by Crippen LogP contribution is -2.46. The highest BCUT2D eigenvalue weighted by Gasteiger charge is 2.17. The van der Waals surface area contributed by atoms with E-state index in [1.54, 1.807) is 7.05 Å². The second kappa shape index (κ2) is 10.1. The number of hydrogen-bond acceptors (Lipinski definition) is 2. The van der Waals surface area contributed by atoms with E-state index in [1.165, 1.54) is 6.42 Å². The molecule has 6 nitrogen and oxygen atoms in total. The molecule has 136 valence electrons. The van der Waals surface area contributed by atoms with Gasteiger partial charge in [0.1, 0.15) is 0 Å². The van der Waals surface area contributed by atoms with E-state index in [2.05, 4.69) is 10.3 Å². The number of carbonyl (C=O) groups excluding carboxylic acids is 1. The van der Waals surface area contributed by atoms with Crippen LogP contribution in [0.5, 0.6) is 0 Å². The molecule has 24 heavy (non-hydrogen) atoms. The summed E-state index contributed by atoms with van der Waals surface area (Å²) >= 11 is 6.02. The van der Waals surface area contributed by atoms with Crippen molar-refractivity contribution in [3.8, 4) is 0 Å². The van der Waals surface area contributed by atoms with Gasteiger partial charge in [0.05, 0.1) is 18.1 Å². The highest BCUT2D eigenvalue weighted by molar-refractivity contribution is 14.0. The van der Waals surface area contributed by atoms with Crippen LogP contribution in [0.1, 0.15) is 25.0 Å². The number of aromatic nitrogens is 1. The van der Waals surface area contributed by atoms with Crippen LogP contribution in [0.4, 0.5) is 0 Å². The molecule has 2 heterocycles. The third-order valence-electron chi connectivity index (χ3n) is 4.15. The molecule has 1 aliphatic heterocycles. The number of aliphatic imine (C=N–C) groups is 1. The van der Waals surface area contributed by atoms with Crippen LogP contribution in [-0.2, 0) is 18.4 Å². The topological polar surface area (TPSA) is 52.9 Å². The predicted molar refractivity (Wildman–Crippen MR) is 109 cm³/mol. The summed E-state index contributed by atoms with van der Waals surface area (Å²) in [7, 11) is 5.63. The minimum absolute atomic E-state index is 0. The average molecular weight is 468 g/mol. The van der Waals surface area contributed by atoms with E-state index in [1.807, 2.05) is 40.7 Å². The molecule has 2 rings (SSSR count). The van der Waals surface area contributed by atoms with Gasteiger partial charge < -0.3 is 19.7 Å². The molecule has 0 aromatic carbocycles. The lowest BCUT2D eigenvalue weighted by atomic mass is 10.1. The molecular weight excluding hydrogens is 441 g/mol. The smallest absolute Gasteiger partial charge is 0.241 e. The van der Waals surface area contributed by atoms with E-state index in [0.717, 1.165) is 36.6 Å². The molecular formula is C16H27ClIN5O. The van der Waals surface area contributed by atoms with Crippen LogP contribution in [0, 0.1) is 0 Å². The van der Waals surface area contributed by atoms with Crippen LogP contribution in [-0.4, -0.2) is 60.0 Å². The molecule has 8 heteroatoms. The van der Waals surface area contributed by atoms with Gasteiger partial charge in [-0.15, -0.1) is 24.0 Å². The Labute approximate surface area is 166 Å². The van der Waals surface area contributed by atoms with Gasteiger partial charge in [-0.1, -0.05) is 11.6 Å². The molecule has 0 spiro atoms. The van der Waals surface area contributed by atoms with Crippen molar-refractivity contribution >= 4 is 47.4 Å². The number of amides is 1. The Hall–Kier alpha value is -0.960. The van der Waals surface area contributed by atoms with Crippen LogP contribution in [0.3, 0.4) is 0 Å². The number of nitrogens with zero attached hydrogens (tertiary/aromatic N) is 4. The second-order valence-electron chi connectivity index (χ2n) is 5.96. The molecule has 0 unspecified atom stereocenters. The highest BCUT2D eigenvalue weighted by Crippen LogP contribution is 2.14. The first kappa shape index (κ1) is 21.1. The van der Waals surface area contributed by atoms with Crippen molar-refractivity contribution in [3.05, 3.63) is 23.0 Å². The largest absolute Gasteiger partial charge is 0.351 e. The first-order chi connectivity index (χ1) is 11.0. The van der Waals surface area contributed by atoms with E-state index in [4.69, 9.17) is 11.6 Å². The number of carbonyl (C=O) groups is 1. The number of rotatable bonds is 4.